The van der Waals surface area contributed by atoms with Gasteiger partial charge in [0.05, 0.1) is 0 Å². The van der Waals surface area contributed by atoms with Crippen LogP contribution in [0.25, 0.3) is 0 Å². The Bertz CT molecular complexity index is 190. The van der Waals surface area contributed by atoms with Crippen LogP contribution in [0.1, 0.15) is 47.0 Å². The van der Waals surface area contributed by atoms with E-state index >= 15 is 0 Å². The molecule has 0 radical (unpaired) electrons. The Labute approximate surface area is 101 Å². The third kappa shape index (κ3) is 8.72. The zero-order chi connectivity index (χ0) is 12.6. The van der Waals surface area contributed by atoms with Crippen molar-refractivity contribution in [1.29, 1.82) is 0 Å². The molecule has 1 amide bonds. The number of amides is 1. The number of likely N-dealkylation sites (N-methyl/N-ethyl adjacent to an activating group) is 1. The van der Waals surface area contributed by atoms with Crippen LogP contribution in [-0.4, -0.2) is 37.0 Å². The summed E-state index contributed by atoms with van der Waals surface area (Å²) < 4.78 is 0. The van der Waals surface area contributed by atoms with Crippen molar-refractivity contribution in [3.8, 4) is 0 Å². The first-order valence-corrected chi connectivity index (χ1v) is 6.40. The summed E-state index contributed by atoms with van der Waals surface area (Å²) in [4.78, 5) is 13.7. The second-order valence-corrected chi connectivity index (χ2v) is 5.21. The van der Waals surface area contributed by atoms with E-state index in [-0.39, 0.29) is 5.91 Å². The molecule has 0 bridgehead atoms. The first kappa shape index (κ1) is 15.4. The molecule has 0 atom stereocenters. The van der Waals surface area contributed by atoms with Gasteiger partial charge in [-0.1, -0.05) is 20.3 Å². The maximum absolute atomic E-state index is 11.4. The Kier molecular flexibility index (Phi) is 8.26. The summed E-state index contributed by atoms with van der Waals surface area (Å²) in [6, 6.07) is 0.540. The second kappa shape index (κ2) is 8.57. The summed E-state index contributed by atoms with van der Waals surface area (Å²) in [5.41, 5.74) is 0. The van der Waals surface area contributed by atoms with E-state index in [1.54, 1.807) is 0 Å². The topological polar surface area (TPSA) is 32.3 Å². The molecule has 3 nitrogen and oxygen atoms in total. The van der Waals surface area contributed by atoms with Crippen LogP contribution in [0.2, 0.25) is 0 Å². The quantitative estimate of drug-likeness (QED) is 0.691. The number of carbonyl (C=O) groups excluding carboxylic acids is 1. The summed E-state index contributed by atoms with van der Waals surface area (Å²) in [5, 5.41) is 2.96. The van der Waals surface area contributed by atoms with Gasteiger partial charge in [-0.3, -0.25) is 4.79 Å². The second-order valence-electron chi connectivity index (χ2n) is 5.21. The normalized spacial score (nSPS) is 11.5. The largest absolute Gasteiger partial charge is 0.355 e. The van der Waals surface area contributed by atoms with E-state index in [2.05, 4.69) is 45.0 Å². The zero-order valence-corrected chi connectivity index (χ0v) is 11.5. The summed E-state index contributed by atoms with van der Waals surface area (Å²) in [7, 11) is 2.08. The van der Waals surface area contributed by atoms with E-state index in [1.807, 2.05) is 0 Å². The Hall–Kier alpha value is -0.570. The van der Waals surface area contributed by atoms with E-state index in [1.165, 1.54) is 0 Å². The molecule has 0 unspecified atom stereocenters. The number of carbonyl (C=O) groups is 1. The average Bonchev–Trinajstić information content (AvgIpc) is 2.16. The minimum Gasteiger partial charge on any atom is -0.355 e. The van der Waals surface area contributed by atoms with E-state index in [4.69, 9.17) is 0 Å². The van der Waals surface area contributed by atoms with Gasteiger partial charge in [0.25, 0.3) is 0 Å². The molecule has 0 fully saturated rings. The minimum absolute atomic E-state index is 0.192. The molecule has 0 aliphatic rings. The average molecular weight is 228 g/mol. The van der Waals surface area contributed by atoms with E-state index in [0.717, 1.165) is 25.9 Å². The van der Waals surface area contributed by atoms with Gasteiger partial charge >= 0.3 is 0 Å². The summed E-state index contributed by atoms with van der Waals surface area (Å²) >= 11 is 0. The monoisotopic (exact) mass is 228 g/mol. The molecule has 0 saturated heterocycles. The van der Waals surface area contributed by atoms with Gasteiger partial charge in [0.1, 0.15) is 0 Å². The third-order valence-electron chi connectivity index (χ3n) is 2.85. The molecule has 16 heavy (non-hydrogen) atoms. The van der Waals surface area contributed by atoms with Gasteiger partial charge in [0.15, 0.2) is 0 Å². The molecule has 0 aliphatic carbocycles. The van der Waals surface area contributed by atoms with Gasteiger partial charge in [-0.05, 0) is 33.2 Å². The highest BCUT2D eigenvalue weighted by molar-refractivity contribution is 5.75. The maximum Gasteiger partial charge on any atom is 0.220 e. The van der Waals surface area contributed by atoms with Crippen LogP contribution in [0.4, 0.5) is 0 Å². The molecule has 0 rings (SSSR count). The van der Waals surface area contributed by atoms with Gasteiger partial charge in [0.2, 0.25) is 5.91 Å². The number of nitrogens with zero attached hydrogens (tertiary/aromatic N) is 1. The van der Waals surface area contributed by atoms with Crippen molar-refractivity contribution in [3.05, 3.63) is 0 Å². The smallest absolute Gasteiger partial charge is 0.220 e. The fraction of sp³-hybridized carbons (Fsp3) is 0.923. The first-order valence-electron chi connectivity index (χ1n) is 6.40. The predicted molar refractivity (Wildman–Crippen MR) is 69.5 cm³/mol. The number of nitrogens with one attached hydrogen (secondary N) is 1. The number of rotatable bonds is 8. The van der Waals surface area contributed by atoms with E-state index < -0.39 is 0 Å². The summed E-state index contributed by atoms with van der Waals surface area (Å²) in [5.74, 6) is 0.887. The van der Waals surface area contributed by atoms with Gasteiger partial charge in [-0.25, -0.2) is 0 Å². The SMILES string of the molecule is CC(C)CCCC(=O)NCCN(C)C(C)C. The zero-order valence-electron chi connectivity index (χ0n) is 11.5. The number of hydrogen-bond acceptors (Lipinski definition) is 2. The van der Waals surface area contributed by atoms with E-state index in [0.29, 0.717) is 18.4 Å². The molecule has 0 aromatic heterocycles. The fourth-order valence-corrected chi connectivity index (χ4v) is 1.39. The van der Waals surface area contributed by atoms with Crippen LogP contribution in [0.3, 0.4) is 0 Å². The van der Waals surface area contributed by atoms with Crippen LogP contribution in [0.5, 0.6) is 0 Å². The van der Waals surface area contributed by atoms with Crippen LogP contribution in [-0.2, 0) is 4.79 Å². The molecule has 0 aromatic rings. The summed E-state index contributed by atoms with van der Waals surface area (Å²) in [6.07, 6.45) is 2.81. The van der Waals surface area contributed by atoms with Crippen molar-refractivity contribution in [2.45, 2.75) is 53.0 Å². The van der Waals surface area contributed by atoms with Crippen molar-refractivity contribution >= 4 is 5.91 Å². The maximum atomic E-state index is 11.4. The predicted octanol–water partition coefficient (Wildman–Crippen LogP) is 2.27. The molecule has 1 N–H and O–H groups in total. The van der Waals surface area contributed by atoms with E-state index in [9.17, 15) is 4.79 Å². The lowest BCUT2D eigenvalue weighted by Gasteiger charge is -2.20. The molecule has 0 spiro atoms. The van der Waals surface area contributed by atoms with Crippen molar-refractivity contribution in [3.63, 3.8) is 0 Å². The lowest BCUT2D eigenvalue weighted by molar-refractivity contribution is -0.121. The third-order valence-corrected chi connectivity index (χ3v) is 2.85. The highest BCUT2D eigenvalue weighted by Crippen LogP contribution is 2.05. The van der Waals surface area contributed by atoms with Gasteiger partial charge in [-0.2, -0.15) is 0 Å². The fourth-order valence-electron chi connectivity index (χ4n) is 1.39. The van der Waals surface area contributed by atoms with Crippen molar-refractivity contribution in [2.75, 3.05) is 20.1 Å². The van der Waals surface area contributed by atoms with Crippen molar-refractivity contribution in [1.82, 2.24) is 10.2 Å². The van der Waals surface area contributed by atoms with Crippen LogP contribution in [0, 0.1) is 5.92 Å². The molecule has 0 saturated carbocycles. The van der Waals surface area contributed by atoms with Crippen molar-refractivity contribution < 1.29 is 4.79 Å². The van der Waals surface area contributed by atoms with Gasteiger partial charge < -0.3 is 10.2 Å². The van der Waals surface area contributed by atoms with Gasteiger partial charge in [-0.15, -0.1) is 0 Å². The molecule has 0 aliphatic heterocycles. The molecular formula is C13H28N2O. The Morgan fingerprint density at radius 1 is 1.25 bits per heavy atom. The lowest BCUT2D eigenvalue weighted by atomic mass is 10.1. The molecule has 0 heterocycles. The minimum atomic E-state index is 0.192. The highest BCUT2D eigenvalue weighted by Gasteiger charge is 2.04. The Morgan fingerprint density at radius 3 is 2.38 bits per heavy atom. The first-order chi connectivity index (χ1) is 7.43. The lowest BCUT2D eigenvalue weighted by Crippen LogP contribution is -2.36. The molecule has 0 aromatic carbocycles. The Morgan fingerprint density at radius 2 is 1.88 bits per heavy atom. The summed E-state index contributed by atoms with van der Waals surface area (Å²) in [6.45, 7) is 10.4. The Balaban J connectivity index is 3.44. The molecular weight excluding hydrogens is 200 g/mol. The van der Waals surface area contributed by atoms with Crippen LogP contribution >= 0.6 is 0 Å². The molecule has 3 heteroatoms. The van der Waals surface area contributed by atoms with Crippen molar-refractivity contribution in [2.24, 2.45) is 5.92 Å². The van der Waals surface area contributed by atoms with Crippen LogP contribution in [0.15, 0.2) is 0 Å². The van der Waals surface area contributed by atoms with Gasteiger partial charge in [0, 0.05) is 25.6 Å². The molecule has 96 valence electrons. The standard InChI is InChI=1S/C13H28N2O/c1-11(2)7-6-8-13(16)14-9-10-15(5)12(3)4/h11-12H,6-10H2,1-5H3,(H,14,16). The van der Waals surface area contributed by atoms with Crippen LogP contribution < -0.4 is 5.32 Å². The highest BCUT2D eigenvalue weighted by atomic mass is 16.1. The number of hydrogen-bond donors (Lipinski definition) is 1.